The maximum atomic E-state index is 12.8. The van der Waals surface area contributed by atoms with Gasteiger partial charge in [0.05, 0.1) is 5.56 Å². The van der Waals surface area contributed by atoms with E-state index in [1.165, 1.54) is 0 Å². The van der Waals surface area contributed by atoms with Gasteiger partial charge in [0.15, 0.2) is 0 Å². The summed E-state index contributed by atoms with van der Waals surface area (Å²) in [6, 6.07) is 8.28. The molecule has 0 radical (unpaired) electrons. The SMILES string of the molecule is CC(C)CN(C(=O)c1ccccc1NC(C)C)C(C)C. The van der Waals surface area contributed by atoms with E-state index in [1.54, 1.807) is 0 Å². The second kappa shape index (κ2) is 7.32. The fourth-order valence-corrected chi connectivity index (χ4v) is 2.18. The van der Waals surface area contributed by atoms with Crippen molar-refractivity contribution in [2.24, 2.45) is 5.92 Å². The molecule has 1 rings (SSSR count). The Bertz CT molecular complexity index is 438. The lowest BCUT2D eigenvalue weighted by molar-refractivity contribution is 0.0683. The van der Waals surface area contributed by atoms with Gasteiger partial charge in [0.2, 0.25) is 0 Å². The van der Waals surface area contributed by atoms with E-state index in [1.807, 2.05) is 29.2 Å². The van der Waals surface area contributed by atoms with E-state index in [2.05, 4.69) is 46.9 Å². The van der Waals surface area contributed by atoms with Gasteiger partial charge < -0.3 is 10.2 Å². The fraction of sp³-hybridized carbons (Fsp3) is 0.588. The summed E-state index contributed by atoms with van der Waals surface area (Å²) in [6.45, 7) is 13.4. The van der Waals surface area contributed by atoms with Crippen LogP contribution < -0.4 is 5.32 Å². The van der Waals surface area contributed by atoms with Gasteiger partial charge in [-0.3, -0.25) is 4.79 Å². The molecule has 0 aliphatic carbocycles. The summed E-state index contributed by atoms with van der Waals surface area (Å²) in [6.07, 6.45) is 0. The second-order valence-corrected chi connectivity index (χ2v) is 6.29. The second-order valence-electron chi connectivity index (χ2n) is 6.29. The summed E-state index contributed by atoms with van der Waals surface area (Å²) in [5.41, 5.74) is 1.68. The fourth-order valence-electron chi connectivity index (χ4n) is 2.18. The number of nitrogens with one attached hydrogen (secondary N) is 1. The summed E-state index contributed by atoms with van der Waals surface area (Å²) in [5, 5.41) is 3.35. The number of para-hydroxylation sites is 1. The van der Waals surface area contributed by atoms with Crippen LogP contribution in [0.3, 0.4) is 0 Å². The van der Waals surface area contributed by atoms with Crippen LogP contribution in [0, 0.1) is 5.92 Å². The van der Waals surface area contributed by atoms with Gasteiger partial charge in [-0.15, -0.1) is 0 Å². The van der Waals surface area contributed by atoms with Crippen LogP contribution in [0.1, 0.15) is 51.9 Å². The van der Waals surface area contributed by atoms with Gasteiger partial charge in [-0.2, -0.15) is 0 Å². The Labute approximate surface area is 123 Å². The molecule has 1 aromatic rings. The van der Waals surface area contributed by atoms with Crippen LogP contribution in [0.5, 0.6) is 0 Å². The lowest BCUT2D eigenvalue weighted by Gasteiger charge is -2.29. The van der Waals surface area contributed by atoms with Gasteiger partial charge in [-0.25, -0.2) is 0 Å². The van der Waals surface area contributed by atoms with Crippen molar-refractivity contribution in [3.05, 3.63) is 29.8 Å². The number of nitrogens with zero attached hydrogens (tertiary/aromatic N) is 1. The van der Waals surface area contributed by atoms with Gasteiger partial charge in [-0.05, 0) is 45.7 Å². The van der Waals surface area contributed by atoms with Crippen LogP contribution in [0.15, 0.2) is 24.3 Å². The van der Waals surface area contributed by atoms with E-state index >= 15 is 0 Å². The van der Waals surface area contributed by atoms with Crippen LogP contribution in [0.4, 0.5) is 5.69 Å². The van der Waals surface area contributed by atoms with E-state index in [4.69, 9.17) is 0 Å². The molecular formula is C17H28N2O. The molecule has 0 aliphatic rings. The molecule has 0 bridgehead atoms. The van der Waals surface area contributed by atoms with Gasteiger partial charge in [-0.1, -0.05) is 26.0 Å². The van der Waals surface area contributed by atoms with Crippen LogP contribution in [0.2, 0.25) is 0 Å². The molecule has 0 unspecified atom stereocenters. The Morgan fingerprint density at radius 2 is 1.70 bits per heavy atom. The Morgan fingerprint density at radius 1 is 1.10 bits per heavy atom. The van der Waals surface area contributed by atoms with E-state index < -0.39 is 0 Å². The quantitative estimate of drug-likeness (QED) is 0.851. The summed E-state index contributed by atoms with van der Waals surface area (Å²) in [7, 11) is 0. The number of amides is 1. The zero-order chi connectivity index (χ0) is 15.3. The standard InChI is InChI=1S/C17H28N2O/c1-12(2)11-19(14(5)6)17(20)15-9-7-8-10-16(15)18-13(3)4/h7-10,12-14,18H,11H2,1-6H3. The molecule has 1 N–H and O–H groups in total. The zero-order valence-electron chi connectivity index (χ0n) is 13.6. The Balaban J connectivity index is 3.05. The van der Waals surface area contributed by atoms with Crippen molar-refractivity contribution in [2.45, 2.75) is 53.6 Å². The summed E-state index contributed by atoms with van der Waals surface area (Å²) in [4.78, 5) is 14.8. The van der Waals surface area contributed by atoms with Crippen LogP contribution in [-0.4, -0.2) is 29.4 Å². The van der Waals surface area contributed by atoms with Gasteiger partial charge in [0.1, 0.15) is 0 Å². The molecule has 0 spiro atoms. The Hall–Kier alpha value is -1.51. The van der Waals surface area contributed by atoms with Crippen LogP contribution in [-0.2, 0) is 0 Å². The third-order valence-corrected chi connectivity index (χ3v) is 3.05. The monoisotopic (exact) mass is 276 g/mol. The third kappa shape index (κ3) is 4.55. The molecule has 0 aliphatic heterocycles. The van der Waals surface area contributed by atoms with Crippen molar-refractivity contribution in [1.82, 2.24) is 4.90 Å². The first kappa shape index (κ1) is 16.5. The predicted octanol–water partition coefficient (Wildman–Crippen LogP) is 4.01. The minimum absolute atomic E-state index is 0.109. The molecule has 112 valence electrons. The van der Waals surface area contributed by atoms with E-state index in [0.29, 0.717) is 12.0 Å². The molecule has 1 amide bonds. The molecule has 0 atom stereocenters. The highest BCUT2D eigenvalue weighted by Gasteiger charge is 2.22. The number of carbonyl (C=O) groups excluding carboxylic acids is 1. The first-order valence-corrected chi connectivity index (χ1v) is 7.49. The highest BCUT2D eigenvalue weighted by molar-refractivity contribution is 5.99. The lowest BCUT2D eigenvalue weighted by atomic mass is 10.1. The zero-order valence-corrected chi connectivity index (χ0v) is 13.6. The molecule has 0 saturated carbocycles. The highest BCUT2D eigenvalue weighted by atomic mass is 16.2. The normalized spacial score (nSPS) is 11.2. The highest BCUT2D eigenvalue weighted by Crippen LogP contribution is 2.20. The van der Waals surface area contributed by atoms with Crippen LogP contribution in [0.25, 0.3) is 0 Å². The summed E-state index contributed by atoms with van der Waals surface area (Å²) in [5.74, 6) is 0.573. The van der Waals surface area contributed by atoms with Crippen LogP contribution >= 0.6 is 0 Å². The minimum Gasteiger partial charge on any atom is -0.382 e. The lowest BCUT2D eigenvalue weighted by Crippen LogP contribution is -2.39. The smallest absolute Gasteiger partial charge is 0.256 e. The molecule has 1 aromatic carbocycles. The van der Waals surface area contributed by atoms with Crippen molar-refractivity contribution < 1.29 is 4.79 Å². The molecule has 20 heavy (non-hydrogen) atoms. The van der Waals surface area contributed by atoms with Crippen molar-refractivity contribution >= 4 is 11.6 Å². The molecular weight excluding hydrogens is 248 g/mol. The first-order chi connectivity index (χ1) is 9.32. The van der Waals surface area contributed by atoms with Crippen molar-refractivity contribution in [2.75, 3.05) is 11.9 Å². The van der Waals surface area contributed by atoms with Gasteiger partial charge >= 0.3 is 0 Å². The molecule has 3 heteroatoms. The van der Waals surface area contributed by atoms with Gasteiger partial charge in [0.25, 0.3) is 5.91 Å². The topological polar surface area (TPSA) is 32.3 Å². The number of carbonyl (C=O) groups is 1. The molecule has 0 fully saturated rings. The number of benzene rings is 1. The summed E-state index contributed by atoms with van der Waals surface area (Å²) >= 11 is 0. The number of anilines is 1. The predicted molar refractivity (Wildman–Crippen MR) is 86.2 cm³/mol. The molecule has 0 heterocycles. The van der Waals surface area contributed by atoms with Gasteiger partial charge in [0, 0.05) is 24.3 Å². The number of hydrogen-bond acceptors (Lipinski definition) is 2. The van der Waals surface area contributed by atoms with Crippen molar-refractivity contribution in [3.8, 4) is 0 Å². The van der Waals surface area contributed by atoms with E-state index in [0.717, 1.165) is 17.8 Å². The Kier molecular flexibility index (Phi) is 6.05. The van der Waals surface area contributed by atoms with E-state index in [9.17, 15) is 4.79 Å². The van der Waals surface area contributed by atoms with Crippen molar-refractivity contribution in [1.29, 1.82) is 0 Å². The first-order valence-electron chi connectivity index (χ1n) is 7.49. The minimum atomic E-state index is 0.109. The maximum absolute atomic E-state index is 12.8. The number of hydrogen-bond donors (Lipinski definition) is 1. The number of rotatable bonds is 6. The molecule has 0 aromatic heterocycles. The van der Waals surface area contributed by atoms with E-state index in [-0.39, 0.29) is 11.9 Å². The Morgan fingerprint density at radius 3 is 2.20 bits per heavy atom. The maximum Gasteiger partial charge on any atom is 0.256 e. The largest absolute Gasteiger partial charge is 0.382 e. The average molecular weight is 276 g/mol. The third-order valence-electron chi connectivity index (χ3n) is 3.05. The average Bonchev–Trinajstić information content (AvgIpc) is 2.34. The molecule has 0 saturated heterocycles. The molecule has 3 nitrogen and oxygen atoms in total. The summed E-state index contributed by atoms with van der Waals surface area (Å²) < 4.78 is 0. The van der Waals surface area contributed by atoms with Crippen molar-refractivity contribution in [3.63, 3.8) is 0 Å².